The van der Waals surface area contributed by atoms with Crippen molar-refractivity contribution in [1.29, 1.82) is 0 Å². The molecule has 0 saturated carbocycles. The van der Waals surface area contributed by atoms with E-state index in [-0.39, 0.29) is 6.03 Å². The first-order valence-electron chi connectivity index (χ1n) is 7.81. The highest BCUT2D eigenvalue weighted by atomic mass is 16.5. The molecule has 1 aromatic rings. The van der Waals surface area contributed by atoms with Crippen LogP contribution in [0.2, 0.25) is 0 Å². The van der Waals surface area contributed by atoms with Crippen molar-refractivity contribution < 1.29 is 9.53 Å². The van der Waals surface area contributed by atoms with Crippen LogP contribution in [0.15, 0.2) is 18.2 Å². The molecular formula is C17H26N2O2. The second-order valence-corrected chi connectivity index (χ2v) is 5.90. The van der Waals surface area contributed by atoms with Gasteiger partial charge < -0.3 is 15.0 Å². The Morgan fingerprint density at radius 3 is 2.81 bits per heavy atom. The Bertz CT molecular complexity index is 482. The number of nitrogens with one attached hydrogen (secondary N) is 1. The highest BCUT2D eigenvalue weighted by molar-refractivity contribution is 5.89. The number of aryl methyl sites for hydroxylation is 2. The molecule has 1 N–H and O–H groups in total. The van der Waals surface area contributed by atoms with Crippen molar-refractivity contribution in [2.75, 3.05) is 31.6 Å². The van der Waals surface area contributed by atoms with E-state index < -0.39 is 0 Å². The summed E-state index contributed by atoms with van der Waals surface area (Å²) in [5.41, 5.74) is 3.30. The summed E-state index contributed by atoms with van der Waals surface area (Å²) in [6.45, 7) is 9.40. The summed E-state index contributed by atoms with van der Waals surface area (Å²) in [4.78, 5) is 14.4. The predicted octanol–water partition coefficient (Wildman–Crippen LogP) is 3.58. The van der Waals surface area contributed by atoms with E-state index in [1.165, 1.54) is 11.1 Å². The van der Waals surface area contributed by atoms with Gasteiger partial charge in [0.1, 0.15) is 0 Å². The molecule has 2 amide bonds. The smallest absolute Gasteiger partial charge is 0.321 e. The highest BCUT2D eigenvalue weighted by Gasteiger charge is 2.22. The summed E-state index contributed by atoms with van der Waals surface area (Å²) in [5.74, 6) is 0.474. The standard InChI is InChI=1S/C17H26N2O2/c1-4-8-19(11-15-7-9-21-12-15)17(20)18-16-6-5-13(2)14(3)10-16/h5-6,10,15H,4,7-9,11-12H2,1-3H3,(H,18,20). The number of ether oxygens (including phenoxy) is 1. The number of hydrogen-bond acceptors (Lipinski definition) is 2. The molecule has 1 saturated heterocycles. The van der Waals surface area contributed by atoms with Gasteiger partial charge in [-0.2, -0.15) is 0 Å². The SMILES string of the molecule is CCCN(CC1CCOC1)C(=O)Nc1ccc(C)c(C)c1. The van der Waals surface area contributed by atoms with Gasteiger partial charge >= 0.3 is 6.03 Å². The number of hydrogen-bond donors (Lipinski definition) is 1. The normalized spacial score (nSPS) is 17.8. The lowest BCUT2D eigenvalue weighted by atomic mass is 10.1. The Morgan fingerprint density at radius 1 is 1.38 bits per heavy atom. The van der Waals surface area contributed by atoms with Crippen molar-refractivity contribution in [3.8, 4) is 0 Å². The fourth-order valence-electron chi connectivity index (χ4n) is 2.61. The summed E-state index contributed by atoms with van der Waals surface area (Å²) in [7, 11) is 0. The van der Waals surface area contributed by atoms with Gasteiger partial charge in [0.25, 0.3) is 0 Å². The lowest BCUT2D eigenvalue weighted by Crippen LogP contribution is -2.39. The molecule has 0 radical (unpaired) electrons. The van der Waals surface area contributed by atoms with Gasteiger partial charge in [-0.25, -0.2) is 4.79 Å². The van der Waals surface area contributed by atoms with Crippen LogP contribution < -0.4 is 5.32 Å². The molecule has 1 aromatic carbocycles. The minimum absolute atomic E-state index is 0.00740. The molecule has 1 heterocycles. The number of amides is 2. The molecule has 4 nitrogen and oxygen atoms in total. The van der Waals surface area contributed by atoms with Crippen LogP contribution in [0.4, 0.5) is 10.5 Å². The third-order valence-electron chi connectivity index (χ3n) is 4.04. The molecule has 2 rings (SSSR count). The van der Waals surface area contributed by atoms with Crippen LogP contribution in [0.5, 0.6) is 0 Å². The van der Waals surface area contributed by atoms with Gasteiger partial charge in [-0.15, -0.1) is 0 Å². The highest BCUT2D eigenvalue weighted by Crippen LogP contribution is 2.17. The lowest BCUT2D eigenvalue weighted by Gasteiger charge is -2.25. The molecule has 1 aliphatic heterocycles. The van der Waals surface area contributed by atoms with E-state index in [1.54, 1.807) is 0 Å². The van der Waals surface area contributed by atoms with E-state index in [9.17, 15) is 4.79 Å². The maximum absolute atomic E-state index is 12.5. The number of nitrogens with zero attached hydrogens (tertiary/aromatic N) is 1. The molecule has 0 aromatic heterocycles. The Morgan fingerprint density at radius 2 is 2.19 bits per heavy atom. The molecule has 0 bridgehead atoms. The maximum atomic E-state index is 12.5. The first-order chi connectivity index (χ1) is 10.1. The number of anilines is 1. The average Bonchev–Trinajstić information content (AvgIpc) is 2.95. The summed E-state index contributed by atoms with van der Waals surface area (Å²) >= 11 is 0. The second-order valence-electron chi connectivity index (χ2n) is 5.90. The number of urea groups is 1. The van der Waals surface area contributed by atoms with Crippen molar-refractivity contribution >= 4 is 11.7 Å². The summed E-state index contributed by atoms with van der Waals surface area (Å²) in [5, 5.41) is 3.02. The van der Waals surface area contributed by atoms with Crippen LogP contribution >= 0.6 is 0 Å². The zero-order chi connectivity index (χ0) is 15.2. The van der Waals surface area contributed by atoms with Gasteiger partial charge in [-0.1, -0.05) is 13.0 Å². The Kier molecular flexibility index (Phi) is 5.62. The predicted molar refractivity (Wildman–Crippen MR) is 85.7 cm³/mol. The largest absolute Gasteiger partial charge is 0.381 e. The summed E-state index contributed by atoms with van der Waals surface area (Å²) in [6.07, 6.45) is 2.02. The van der Waals surface area contributed by atoms with E-state index in [4.69, 9.17) is 4.74 Å². The molecule has 21 heavy (non-hydrogen) atoms. The Hall–Kier alpha value is -1.55. The van der Waals surface area contributed by atoms with Crippen LogP contribution in [-0.2, 0) is 4.74 Å². The minimum Gasteiger partial charge on any atom is -0.381 e. The monoisotopic (exact) mass is 290 g/mol. The molecule has 0 aliphatic carbocycles. The Labute approximate surface area is 127 Å². The van der Waals surface area contributed by atoms with E-state index in [1.807, 2.05) is 23.1 Å². The number of benzene rings is 1. The average molecular weight is 290 g/mol. The zero-order valence-electron chi connectivity index (χ0n) is 13.3. The van der Waals surface area contributed by atoms with Gasteiger partial charge in [0.2, 0.25) is 0 Å². The van der Waals surface area contributed by atoms with E-state index in [2.05, 4.69) is 26.1 Å². The van der Waals surface area contributed by atoms with Crippen molar-refractivity contribution in [2.24, 2.45) is 5.92 Å². The minimum atomic E-state index is -0.00740. The van der Waals surface area contributed by atoms with Gasteiger partial charge in [0, 0.05) is 31.3 Å². The fourth-order valence-corrected chi connectivity index (χ4v) is 2.61. The molecule has 0 spiro atoms. The molecule has 1 unspecified atom stereocenters. The van der Waals surface area contributed by atoms with E-state index in [0.717, 1.165) is 44.8 Å². The van der Waals surface area contributed by atoms with Gasteiger partial charge in [-0.3, -0.25) is 0 Å². The first kappa shape index (κ1) is 15.8. The van der Waals surface area contributed by atoms with Crippen molar-refractivity contribution in [3.63, 3.8) is 0 Å². The third kappa shape index (κ3) is 4.46. The van der Waals surface area contributed by atoms with Crippen molar-refractivity contribution in [2.45, 2.75) is 33.6 Å². The summed E-state index contributed by atoms with van der Waals surface area (Å²) in [6, 6.07) is 6.02. The quantitative estimate of drug-likeness (QED) is 0.900. The second kappa shape index (κ2) is 7.46. The van der Waals surface area contributed by atoms with Gasteiger partial charge in [0.05, 0.1) is 6.61 Å². The van der Waals surface area contributed by atoms with Crippen molar-refractivity contribution in [3.05, 3.63) is 29.3 Å². The third-order valence-corrected chi connectivity index (χ3v) is 4.04. The topological polar surface area (TPSA) is 41.6 Å². The first-order valence-corrected chi connectivity index (χ1v) is 7.81. The van der Waals surface area contributed by atoms with E-state index in [0.29, 0.717) is 5.92 Å². The van der Waals surface area contributed by atoms with Crippen LogP contribution in [0.25, 0.3) is 0 Å². The molecule has 1 atom stereocenters. The molecular weight excluding hydrogens is 264 g/mol. The number of carbonyl (C=O) groups is 1. The molecule has 1 aliphatic rings. The number of rotatable bonds is 5. The van der Waals surface area contributed by atoms with Crippen LogP contribution in [0, 0.1) is 19.8 Å². The van der Waals surface area contributed by atoms with E-state index >= 15 is 0 Å². The summed E-state index contributed by atoms with van der Waals surface area (Å²) < 4.78 is 5.40. The van der Waals surface area contributed by atoms with Gasteiger partial charge in [0.15, 0.2) is 0 Å². The lowest BCUT2D eigenvalue weighted by molar-refractivity contribution is 0.169. The zero-order valence-corrected chi connectivity index (χ0v) is 13.3. The molecule has 116 valence electrons. The van der Waals surface area contributed by atoms with Crippen LogP contribution in [0.3, 0.4) is 0 Å². The molecule has 1 fully saturated rings. The van der Waals surface area contributed by atoms with Crippen LogP contribution in [-0.4, -0.2) is 37.2 Å². The number of carbonyl (C=O) groups excluding carboxylic acids is 1. The molecule has 4 heteroatoms. The van der Waals surface area contributed by atoms with Crippen molar-refractivity contribution in [1.82, 2.24) is 4.90 Å². The fraction of sp³-hybridized carbons (Fsp3) is 0.588. The maximum Gasteiger partial charge on any atom is 0.321 e. The van der Waals surface area contributed by atoms with Gasteiger partial charge in [-0.05, 0) is 49.9 Å². The van der Waals surface area contributed by atoms with Crippen LogP contribution in [0.1, 0.15) is 30.9 Å². The Balaban J connectivity index is 1.98.